The van der Waals surface area contributed by atoms with Crippen LogP contribution in [0.3, 0.4) is 0 Å². The zero-order chi connectivity index (χ0) is 15.6. The van der Waals surface area contributed by atoms with Gasteiger partial charge in [-0.05, 0) is 38.0 Å². The highest BCUT2D eigenvalue weighted by Gasteiger charge is 2.57. The van der Waals surface area contributed by atoms with Gasteiger partial charge in [0, 0.05) is 36.2 Å². The minimum Gasteiger partial charge on any atom is -0.384 e. The average Bonchev–Trinajstić information content (AvgIpc) is 3.07. The second-order valence-electron chi connectivity index (χ2n) is 7.47. The first-order valence-electron chi connectivity index (χ1n) is 8.59. The number of hydrogen-bond acceptors (Lipinski definition) is 5. The number of nitrogens with one attached hydrogen (secondary N) is 1. The Morgan fingerprint density at radius 3 is 2.96 bits per heavy atom. The Morgan fingerprint density at radius 1 is 1.43 bits per heavy atom. The fourth-order valence-corrected chi connectivity index (χ4v) is 4.54. The highest BCUT2D eigenvalue weighted by molar-refractivity contribution is 5.61. The molecule has 6 nitrogen and oxygen atoms in total. The van der Waals surface area contributed by atoms with Crippen LogP contribution in [-0.4, -0.2) is 40.4 Å². The van der Waals surface area contributed by atoms with Crippen LogP contribution in [-0.2, 0) is 16.6 Å². The van der Waals surface area contributed by atoms with Crippen molar-refractivity contribution in [3.63, 3.8) is 0 Å². The maximum Gasteiger partial charge on any atom is 0.157 e. The van der Waals surface area contributed by atoms with Crippen LogP contribution in [0, 0.1) is 5.92 Å². The summed E-state index contributed by atoms with van der Waals surface area (Å²) in [6.45, 7) is 0.812. The number of methoxy groups -OCH3 is 1. The molecule has 23 heavy (non-hydrogen) atoms. The summed E-state index contributed by atoms with van der Waals surface area (Å²) in [4.78, 5) is 4.97. The van der Waals surface area contributed by atoms with E-state index in [9.17, 15) is 0 Å². The molecule has 6 heteroatoms. The van der Waals surface area contributed by atoms with Crippen molar-refractivity contribution in [2.45, 2.75) is 49.6 Å². The quantitative estimate of drug-likeness (QED) is 0.894. The van der Waals surface area contributed by atoms with Gasteiger partial charge in [0.1, 0.15) is 5.82 Å². The predicted octanol–water partition coefficient (Wildman–Crippen LogP) is 1.48. The summed E-state index contributed by atoms with van der Waals surface area (Å²) in [5.41, 5.74) is 9.79. The predicted molar refractivity (Wildman–Crippen MR) is 87.6 cm³/mol. The number of nitrogens with two attached hydrogens (primary N) is 1. The van der Waals surface area contributed by atoms with E-state index < -0.39 is 0 Å². The SMILES string of the molecule is COCC1Cc2c(nc3ccnn3c2NC2CC(N)C2)C12CC2. The lowest BCUT2D eigenvalue weighted by Gasteiger charge is -2.34. The van der Waals surface area contributed by atoms with Crippen LogP contribution in [0.5, 0.6) is 0 Å². The Balaban J connectivity index is 1.60. The zero-order valence-electron chi connectivity index (χ0n) is 13.5. The minimum atomic E-state index is 0.254. The van der Waals surface area contributed by atoms with Crippen LogP contribution in [0.2, 0.25) is 0 Å². The molecule has 1 atom stereocenters. The van der Waals surface area contributed by atoms with E-state index in [1.165, 1.54) is 24.1 Å². The summed E-state index contributed by atoms with van der Waals surface area (Å²) in [7, 11) is 1.80. The Morgan fingerprint density at radius 2 is 2.26 bits per heavy atom. The lowest BCUT2D eigenvalue weighted by atomic mass is 9.87. The molecule has 0 aromatic carbocycles. The molecule has 2 aromatic heterocycles. The molecule has 0 radical (unpaired) electrons. The molecule has 3 aliphatic rings. The topological polar surface area (TPSA) is 77.5 Å². The van der Waals surface area contributed by atoms with Crippen molar-refractivity contribution in [3.8, 4) is 0 Å². The van der Waals surface area contributed by atoms with Gasteiger partial charge in [-0.1, -0.05) is 0 Å². The molecule has 2 aromatic rings. The third-order valence-electron chi connectivity index (χ3n) is 6.01. The van der Waals surface area contributed by atoms with E-state index >= 15 is 0 Å². The number of rotatable bonds is 4. The molecule has 1 unspecified atom stereocenters. The van der Waals surface area contributed by atoms with Crippen molar-refractivity contribution in [3.05, 3.63) is 23.5 Å². The summed E-state index contributed by atoms with van der Waals surface area (Å²) in [6, 6.07) is 2.80. The lowest BCUT2D eigenvalue weighted by molar-refractivity contribution is 0.139. The molecule has 2 heterocycles. The summed E-state index contributed by atoms with van der Waals surface area (Å²) < 4.78 is 7.46. The molecular formula is C17H23N5O. The van der Waals surface area contributed by atoms with Crippen LogP contribution in [0.15, 0.2) is 12.3 Å². The van der Waals surface area contributed by atoms with E-state index in [2.05, 4.69) is 10.4 Å². The van der Waals surface area contributed by atoms with E-state index in [-0.39, 0.29) is 5.41 Å². The molecule has 2 fully saturated rings. The highest BCUT2D eigenvalue weighted by atomic mass is 16.5. The maximum absolute atomic E-state index is 5.95. The van der Waals surface area contributed by atoms with E-state index in [1.54, 1.807) is 7.11 Å². The van der Waals surface area contributed by atoms with Crippen molar-refractivity contribution in [1.82, 2.24) is 14.6 Å². The minimum absolute atomic E-state index is 0.254. The van der Waals surface area contributed by atoms with Crippen LogP contribution < -0.4 is 11.1 Å². The van der Waals surface area contributed by atoms with Crippen LogP contribution in [0.25, 0.3) is 5.65 Å². The standard InChI is InChI=1S/C17H23N5O/c1-23-9-10-6-13-15(17(10)3-4-17)21-14-2-5-19-22(14)16(13)20-12-7-11(18)8-12/h2,5,10-12,20H,3-4,6-9,18H2,1H3. The molecule has 5 rings (SSSR count). The van der Waals surface area contributed by atoms with Gasteiger partial charge in [0.15, 0.2) is 5.65 Å². The largest absolute Gasteiger partial charge is 0.384 e. The van der Waals surface area contributed by atoms with Gasteiger partial charge in [-0.15, -0.1) is 0 Å². The monoisotopic (exact) mass is 313 g/mol. The van der Waals surface area contributed by atoms with Gasteiger partial charge in [-0.2, -0.15) is 9.61 Å². The van der Waals surface area contributed by atoms with Gasteiger partial charge in [-0.3, -0.25) is 0 Å². The molecule has 0 aliphatic heterocycles. The van der Waals surface area contributed by atoms with E-state index in [0.29, 0.717) is 18.0 Å². The van der Waals surface area contributed by atoms with Crippen molar-refractivity contribution < 1.29 is 4.74 Å². The zero-order valence-corrected chi connectivity index (χ0v) is 13.5. The third-order valence-corrected chi connectivity index (χ3v) is 6.01. The van der Waals surface area contributed by atoms with Crippen molar-refractivity contribution in [2.75, 3.05) is 19.0 Å². The van der Waals surface area contributed by atoms with Gasteiger partial charge in [0.25, 0.3) is 0 Å². The van der Waals surface area contributed by atoms with Crippen LogP contribution in [0.1, 0.15) is 36.9 Å². The molecule has 3 N–H and O–H groups in total. The highest BCUT2D eigenvalue weighted by Crippen LogP contribution is 2.60. The Labute approximate surface area is 135 Å². The summed E-state index contributed by atoms with van der Waals surface area (Å²) in [5, 5.41) is 8.20. The first-order chi connectivity index (χ1) is 11.2. The van der Waals surface area contributed by atoms with Crippen molar-refractivity contribution >= 4 is 11.5 Å². The van der Waals surface area contributed by atoms with Gasteiger partial charge in [-0.25, -0.2) is 4.98 Å². The van der Waals surface area contributed by atoms with Gasteiger partial charge in [0.2, 0.25) is 0 Å². The number of anilines is 1. The molecular weight excluding hydrogens is 290 g/mol. The van der Waals surface area contributed by atoms with Gasteiger partial charge < -0.3 is 15.8 Å². The van der Waals surface area contributed by atoms with Gasteiger partial charge in [0.05, 0.1) is 18.5 Å². The molecule has 2 saturated carbocycles. The number of ether oxygens (including phenoxy) is 1. The van der Waals surface area contributed by atoms with Crippen LogP contribution >= 0.6 is 0 Å². The number of hydrogen-bond donors (Lipinski definition) is 2. The average molecular weight is 313 g/mol. The van der Waals surface area contributed by atoms with Crippen molar-refractivity contribution in [2.24, 2.45) is 11.7 Å². The second kappa shape index (κ2) is 4.68. The fraction of sp³-hybridized carbons (Fsp3) is 0.647. The second-order valence-corrected chi connectivity index (χ2v) is 7.47. The number of fused-ring (bicyclic) bond motifs is 3. The maximum atomic E-state index is 5.95. The van der Waals surface area contributed by atoms with E-state index in [0.717, 1.165) is 37.3 Å². The molecule has 0 bridgehead atoms. The third kappa shape index (κ3) is 1.88. The van der Waals surface area contributed by atoms with E-state index in [4.69, 9.17) is 15.5 Å². The molecule has 122 valence electrons. The number of nitrogens with zero attached hydrogens (tertiary/aromatic N) is 3. The van der Waals surface area contributed by atoms with E-state index in [1.807, 2.05) is 16.8 Å². The Hall–Kier alpha value is -1.66. The fourth-order valence-electron chi connectivity index (χ4n) is 4.54. The Bertz CT molecular complexity index is 760. The molecule has 0 amide bonds. The molecule has 0 saturated heterocycles. The van der Waals surface area contributed by atoms with Gasteiger partial charge >= 0.3 is 0 Å². The Kier molecular flexibility index (Phi) is 2.79. The normalized spacial score (nSPS) is 30.4. The molecule has 1 spiro atoms. The summed E-state index contributed by atoms with van der Waals surface area (Å²) in [6.07, 6.45) is 7.41. The van der Waals surface area contributed by atoms with Crippen LogP contribution in [0.4, 0.5) is 5.82 Å². The number of aromatic nitrogens is 3. The van der Waals surface area contributed by atoms with Crippen molar-refractivity contribution in [1.29, 1.82) is 0 Å². The summed E-state index contributed by atoms with van der Waals surface area (Å²) in [5.74, 6) is 1.68. The lowest BCUT2D eigenvalue weighted by Crippen LogP contribution is -2.45. The molecule has 3 aliphatic carbocycles. The first-order valence-corrected chi connectivity index (χ1v) is 8.59. The summed E-state index contributed by atoms with van der Waals surface area (Å²) >= 11 is 0. The smallest absolute Gasteiger partial charge is 0.157 e. The first kappa shape index (κ1) is 13.7.